The van der Waals surface area contributed by atoms with Gasteiger partial charge in [-0.15, -0.1) is 5.10 Å². The highest BCUT2D eigenvalue weighted by Gasteiger charge is 2.07. The summed E-state index contributed by atoms with van der Waals surface area (Å²) < 4.78 is 5.96. The standard InChI is InChI=1S/C8H7N3O2/c1-11-8(12)13-7(10-11)6-4-2-3-5-9-6/h2-5H,1H3. The molecule has 2 aromatic heterocycles. The number of rotatable bonds is 1. The minimum absolute atomic E-state index is 0.244. The van der Waals surface area contributed by atoms with E-state index in [0.29, 0.717) is 5.69 Å². The summed E-state index contributed by atoms with van der Waals surface area (Å²) in [4.78, 5) is 14.9. The Balaban J connectivity index is 2.54. The number of nitrogens with zero attached hydrogens (tertiary/aromatic N) is 3. The Morgan fingerprint density at radius 3 is 2.85 bits per heavy atom. The third-order valence-corrected chi connectivity index (χ3v) is 1.57. The molecule has 0 bridgehead atoms. The molecule has 0 fully saturated rings. The molecule has 0 aliphatic rings. The van der Waals surface area contributed by atoms with Gasteiger partial charge in [0.15, 0.2) is 0 Å². The number of aromatic nitrogens is 3. The Hall–Kier alpha value is -1.91. The van der Waals surface area contributed by atoms with Gasteiger partial charge in [0, 0.05) is 13.2 Å². The number of pyridine rings is 1. The maximum atomic E-state index is 10.9. The van der Waals surface area contributed by atoms with Crippen LogP contribution in [-0.4, -0.2) is 14.8 Å². The molecule has 0 spiro atoms. The second-order valence-electron chi connectivity index (χ2n) is 2.51. The molecule has 66 valence electrons. The third kappa shape index (κ3) is 1.35. The van der Waals surface area contributed by atoms with Crippen molar-refractivity contribution in [2.24, 2.45) is 7.05 Å². The van der Waals surface area contributed by atoms with E-state index in [1.54, 1.807) is 24.4 Å². The number of hydrogen-bond acceptors (Lipinski definition) is 4. The van der Waals surface area contributed by atoms with Crippen LogP contribution in [0.2, 0.25) is 0 Å². The first-order valence-corrected chi connectivity index (χ1v) is 3.73. The lowest BCUT2D eigenvalue weighted by Crippen LogP contribution is -2.09. The fourth-order valence-electron chi connectivity index (χ4n) is 0.939. The summed E-state index contributed by atoms with van der Waals surface area (Å²) in [6.07, 6.45) is 1.62. The Kier molecular flexibility index (Phi) is 1.70. The van der Waals surface area contributed by atoms with E-state index in [2.05, 4.69) is 10.1 Å². The maximum Gasteiger partial charge on any atom is 0.437 e. The van der Waals surface area contributed by atoms with Crippen LogP contribution < -0.4 is 5.76 Å². The molecule has 2 heterocycles. The van der Waals surface area contributed by atoms with Crippen LogP contribution in [0.25, 0.3) is 11.6 Å². The Labute approximate surface area is 73.6 Å². The van der Waals surface area contributed by atoms with Crippen molar-refractivity contribution in [2.45, 2.75) is 0 Å². The molecule has 0 atom stereocenters. The van der Waals surface area contributed by atoms with Crippen LogP contribution in [0, 0.1) is 0 Å². The summed E-state index contributed by atoms with van der Waals surface area (Å²) in [5, 5.41) is 3.86. The fourth-order valence-corrected chi connectivity index (χ4v) is 0.939. The molecule has 0 N–H and O–H groups in total. The second-order valence-corrected chi connectivity index (χ2v) is 2.51. The lowest BCUT2D eigenvalue weighted by molar-refractivity contribution is 0.504. The van der Waals surface area contributed by atoms with Crippen LogP contribution >= 0.6 is 0 Å². The second kappa shape index (κ2) is 2.85. The van der Waals surface area contributed by atoms with Crippen molar-refractivity contribution >= 4 is 0 Å². The van der Waals surface area contributed by atoms with Crippen LogP contribution in [-0.2, 0) is 7.05 Å². The average Bonchev–Trinajstić information content (AvgIpc) is 2.49. The summed E-state index contributed by atoms with van der Waals surface area (Å²) in [7, 11) is 1.53. The van der Waals surface area contributed by atoms with Crippen LogP contribution in [0.5, 0.6) is 0 Å². The van der Waals surface area contributed by atoms with E-state index in [0.717, 1.165) is 4.68 Å². The minimum atomic E-state index is -0.486. The highest BCUT2D eigenvalue weighted by atomic mass is 16.4. The quantitative estimate of drug-likeness (QED) is 0.634. The molecule has 0 radical (unpaired) electrons. The molecular weight excluding hydrogens is 170 g/mol. The van der Waals surface area contributed by atoms with E-state index < -0.39 is 5.76 Å². The van der Waals surface area contributed by atoms with Gasteiger partial charge in [0.05, 0.1) is 0 Å². The summed E-state index contributed by atoms with van der Waals surface area (Å²) in [6.45, 7) is 0. The topological polar surface area (TPSA) is 60.9 Å². The van der Waals surface area contributed by atoms with Crippen molar-refractivity contribution in [3.05, 3.63) is 34.9 Å². The molecule has 0 aliphatic heterocycles. The molecule has 5 nitrogen and oxygen atoms in total. The Morgan fingerprint density at radius 1 is 1.46 bits per heavy atom. The highest BCUT2D eigenvalue weighted by molar-refractivity contribution is 5.44. The smallest absolute Gasteiger partial charge is 0.386 e. The molecule has 0 aromatic carbocycles. The van der Waals surface area contributed by atoms with E-state index in [4.69, 9.17) is 4.42 Å². The van der Waals surface area contributed by atoms with Gasteiger partial charge in [-0.05, 0) is 12.1 Å². The summed E-state index contributed by atoms with van der Waals surface area (Å²) >= 11 is 0. The summed E-state index contributed by atoms with van der Waals surface area (Å²) in [6, 6.07) is 5.31. The number of hydrogen-bond donors (Lipinski definition) is 0. The van der Waals surface area contributed by atoms with Gasteiger partial charge < -0.3 is 4.42 Å². The first-order chi connectivity index (χ1) is 6.27. The van der Waals surface area contributed by atoms with Gasteiger partial charge >= 0.3 is 5.76 Å². The lowest BCUT2D eigenvalue weighted by atomic mass is 10.3. The summed E-state index contributed by atoms with van der Waals surface area (Å²) in [5.74, 6) is -0.242. The Morgan fingerprint density at radius 2 is 2.31 bits per heavy atom. The van der Waals surface area contributed by atoms with Gasteiger partial charge in [-0.2, -0.15) is 4.68 Å². The molecular formula is C8H7N3O2. The molecule has 2 rings (SSSR count). The van der Waals surface area contributed by atoms with Gasteiger partial charge in [-0.3, -0.25) is 4.98 Å². The zero-order valence-electron chi connectivity index (χ0n) is 6.97. The molecule has 0 unspecified atom stereocenters. The van der Waals surface area contributed by atoms with Crippen molar-refractivity contribution in [2.75, 3.05) is 0 Å². The number of aryl methyl sites for hydroxylation is 1. The maximum absolute atomic E-state index is 10.9. The van der Waals surface area contributed by atoms with Crippen LogP contribution in [0.3, 0.4) is 0 Å². The molecule has 13 heavy (non-hydrogen) atoms. The van der Waals surface area contributed by atoms with Crippen molar-refractivity contribution < 1.29 is 4.42 Å². The minimum Gasteiger partial charge on any atom is -0.386 e. The van der Waals surface area contributed by atoms with E-state index in [9.17, 15) is 4.79 Å². The molecule has 0 aliphatic carbocycles. The molecule has 2 aromatic rings. The predicted octanol–water partition coefficient (Wildman–Crippen LogP) is 0.435. The normalized spacial score (nSPS) is 10.2. The van der Waals surface area contributed by atoms with Gasteiger partial charge in [0.25, 0.3) is 5.89 Å². The van der Waals surface area contributed by atoms with Crippen LogP contribution in [0.4, 0.5) is 0 Å². The van der Waals surface area contributed by atoms with Crippen molar-refractivity contribution in [3.63, 3.8) is 0 Å². The van der Waals surface area contributed by atoms with Gasteiger partial charge in [-0.25, -0.2) is 4.79 Å². The zero-order chi connectivity index (χ0) is 9.26. The molecule has 0 saturated heterocycles. The fraction of sp³-hybridized carbons (Fsp3) is 0.125. The van der Waals surface area contributed by atoms with Crippen molar-refractivity contribution in [1.82, 2.24) is 14.8 Å². The van der Waals surface area contributed by atoms with Crippen molar-refractivity contribution in [1.29, 1.82) is 0 Å². The van der Waals surface area contributed by atoms with Gasteiger partial charge in [0.1, 0.15) is 5.69 Å². The predicted molar refractivity (Wildman–Crippen MR) is 45.0 cm³/mol. The Bertz CT molecular complexity index is 458. The van der Waals surface area contributed by atoms with E-state index in [1.165, 1.54) is 7.05 Å². The summed E-state index contributed by atoms with van der Waals surface area (Å²) in [5.41, 5.74) is 0.556. The van der Waals surface area contributed by atoms with E-state index in [-0.39, 0.29) is 5.89 Å². The first kappa shape index (κ1) is 7.72. The van der Waals surface area contributed by atoms with Crippen LogP contribution in [0.15, 0.2) is 33.6 Å². The van der Waals surface area contributed by atoms with Gasteiger partial charge in [0.2, 0.25) is 0 Å². The average molecular weight is 177 g/mol. The third-order valence-electron chi connectivity index (χ3n) is 1.57. The van der Waals surface area contributed by atoms with Gasteiger partial charge in [-0.1, -0.05) is 6.07 Å². The molecule has 5 heteroatoms. The lowest BCUT2D eigenvalue weighted by Gasteiger charge is -1.89. The highest BCUT2D eigenvalue weighted by Crippen LogP contribution is 2.09. The first-order valence-electron chi connectivity index (χ1n) is 3.73. The zero-order valence-corrected chi connectivity index (χ0v) is 6.97. The van der Waals surface area contributed by atoms with Crippen LogP contribution in [0.1, 0.15) is 0 Å². The SMILES string of the molecule is Cn1nc(-c2ccccn2)oc1=O. The monoisotopic (exact) mass is 177 g/mol. The van der Waals surface area contributed by atoms with E-state index in [1.807, 2.05) is 0 Å². The van der Waals surface area contributed by atoms with E-state index >= 15 is 0 Å². The van der Waals surface area contributed by atoms with Crippen molar-refractivity contribution in [3.8, 4) is 11.6 Å². The molecule has 0 saturated carbocycles. The molecule has 0 amide bonds. The largest absolute Gasteiger partial charge is 0.437 e.